The Morgan fingerprint density at radius 1 is 1.24 bits per heavy atom. The highest BCUT2D eigenvalue weighted by molar-refractivity contribution is 9.10. The van der Waals surface area contributed by atoms with Crippen LogP contribution < -0.4 is 10.1 Å². The largest absolute Gasteiger partial charge is 0.493 e. The molecule has 0 spiro atoms. The molecule has 0 bridgehead atoms. The number of nitrogens with one attached hydrogen (secondary N) is 1. The summed E-state index contributed by atoms with van der Waals surface area (Å²) in [7, 11) is 1.74. The van der Waals surface area contributed by atoms with Gasteiger partial charge >= 0.3 is 0 Å². The molecule has 0 saturated heterocycles. The Balaban J connectivity index is 2.03. The van der Waals surface area contributed by atoms with Gasteiger partial charge in [-0.05, 0) is 41.2 Å². The van der Waals surface area contributed by atoms with Crippen molar-refractivity contribution in [3.63, 3.8) is 0 Å². The number of hydrogen-bond acceptors (Lipinski definition) is 2. The first-order valence-corrected chi connectivity index (χ1v) is 7.44. The van der Waals surface area contributed by atoms with Crippen molar-refractivity contribution >= 4 is 15.9 Å². The number of benzene rings is 2. The molecule has 2 aromatic rings. The third-order valence-electron chi connectivity index (χ3n) is 3.82. The molecule has 1 N–H and O–H groups in total. The zero-order valence-corrected chi connectivity index (χ0v) is 13.0. The normalized spacial score (nSPS) is 18.2. The summed E-state index contributed by atoms with van der Waals surface area (Å²) in [6.45, 7) is 0.446. The second-order valence-corrected chi connectivity index (χ2v) is 5.86. The molecule has 0 aliphatic carbocycles. The third kappa shape index (κ3) is 2.56. The minimum atomic E-state index is -0.473. The van der Waals surface area contributed by atoms with Gasteiger partial charge in [-0.1, -0.05) is 18.2 Å². The average Bonchev–Trinajstić information content (AvgIpc) is 2.89. The van der Waals surface area contributed by atoms with Gasteiger partial charge in [0.05, 0.1) is 11.1 Å². The maximum Gasteiger partial charge on any atom is 0.137 e. The SMILES string of the molecule is CNC(c1cc(F)c(Br)cc1F)C1COc2ccccc21. The Labute approximate surface area is 130 Å². The van der Waals surface area contributed by atoms with Gasteiger partial charge in [0.25, 0.3) is 0 Å². The van der Waals surface area contributed by atoms with E-state index in [4.69, 9.17) is 4.74 Å². The predicted molar refractivity (Wildman–Crippen MR) is 80.5 cm³/mol. The van der Waals surface area contributed by atoms with Crippen LogP contribution in [0.2, 0.25) is 0 Å². The van der Waals surface area contributed by atoms with E-state index in [1.165, 1.54) is 6.07 Å². The van der Waals surface area contributed by atoms with E-state index >= 15 is 0 Å². The summed E-state index contributed by atoms with van der Waals surface area (Å²) >= 11 is 3.00. The molecular weight excluding hydrogens is 340 g/mol. The van der Waals surface area contributed by atoms with Crippen LogP contribution in [0.1, 0.15) is 23.1 Å². The van der Waals surface area contributed by atoms with Crippen molar-refractivity contribution in [2.45, 2.75) is 12.0 Å². The highest BCUT2D eigenvalue weighted by atomic mass is 79.9. The lowest BCUT2D eigenvalue weighted by Crippen LogP contribution is -2.26. The number of ether oxygens (including phenoxy) is 1. The molecule has 0 amide bonds. The number of para-hydroxylation sites is 1. The zero-order chi connectivity index (χ0) is 15.0. The van der Waals surface area contributed by atoms with Crippen LogP contribution in [0.25, 0.3) is 0 Å². The summed E-state index contributed by atoms with van der Waals surface area (Å²) in [4.78, 5) is 0. The Hall–Kier alpha value is -1.46. The first-order chi connectivity index (χ1) is 10.1. The van der Waals surface area contributed by atoms with E-state index in [1.807, 2.05) is 24.3 Å². The monoisotopic (exact) mass is 353 g/mol. The number of hydrogen-bond donors (Lipinski definition) is 1. The van der Waals surface area contributed by atoms with E-state index in [1.54, 1.807) is 7.05 Å². The average molecular weight is 354 g/mol. The molecule has 2 unspecified atom stereocenters. The fraction of sp³-hybridized carbons (Fsp3) is 0.250. The molecule has 2 nitrogen and oxygen atoms in total. The fourth-order valence-corrected chi connectivity index (χ4v) is 3.13. The van der Waals surface area contributed by atoms with Crippen molar-refractivity contribution in [3.8, 4) is 5.75 Å². The lowest BCUT2D eigenvalue weighted by molar-refractivity contribution is 0.301. The van der Waals surface area contributed by atoms with Crippen LogP contribution in [-0.4, -0.2) is 13.7 Å². The Kier molecular flexibility index (Phi) is 3.95. The first-order valence-electron chi connectivity index (χ1n) is 6.65. The standard InChI is InChI=1S/C16H14BrF2NO/c1-20-16(10-6-14(19)12(17)7-13(10)18)11-8-21-15-5-3-2-4-9(11)15/h2-7,11,16,20H,8H2,1H3. The van der Waals surface area contributed by atoms with Crippen molar-refractivity contribution in [1.82, 2.24) is 5.32 Å². The summed E-state index contributed by atoms with van der Waals surface area (Å²) in [5.41, 5.74) is 1.32. The van der Waals surface area contributed by atoms with Crippen LogP contribution in [0.15, 0.2) is 40.9 Å². The summed E-state index contributed by atoms with van der Waals surface area (Å²) < 4.78 is 33.8. The minimum absolute atomic E-state index is 0.0544. The highest BCUT2D eigenvalue weighted by Crippen LogP contribution is 2.42. The topological polar surface area (TPSA) is 21.3 Å². The molecule has 0 saturated carbocycles. The van der Waals surface area contributed by atoms with E-state index in [0.29, 0.717) is 12.2 Å². The molecule has 110 valence electrons. The maximum absolute atomic E-state index is 14.2. The van der Waals surface area contributed by atoms with Gasteiger partial charge in [-0.15, -0.1) is 0 Å². The highest BCUT2D eigenvalue weighted by Gasteiger charge is 2.33. The van der Waals surface area contributed by atoms with Gasteiger partial charge in [-0.2, -0.15) is 0 Å². The van der Waals surface area contributed by atoms with Gasteiger partial charge < -0.3 is 10.1 Å². The number of likely N-dealkylation sites (N-methyl/N-ethyl adjacent to an activating group) is 1. The summed E-state index contributed by atoms with van der Waals surface area (Å²) in [6.07, 6.45) is 0. The van der Waals surface area contributed by atoms with E-state index in [0.717, 1.165) is 17.4 Å². The van der Waals surface area contributed by atoms with Crippen molar-refractivity contribution in [2.24, 2.45) is 0 Å². The van der Waals surface area contributed by atoms with E-state index in [9.17, 15) is 8.78 Å². The van der Waals surface area contributed by atoms with Gasteiger partial charge in [-0.25, -0.2) is 8.78 Å². The van der Waals surface area contributed by atoms with Gasteiger partial charge in [-0.3, -0.25) is 0 Å². The molecule has 2 aromatic carbocycles. The molecule has 21 heavy (non-hydrogen) atoms. The van der Waals surface area contributed by atoms with E-state index in [2.05, 4.69) is 21.2 Å². The molecule has 2 atom stereocenters. The lowest BCUT2D eigenvalue weighted by atomic mass is 9.88. The Bertz CT molecular complexity index is 677. The summed E-state index contributed by atoms with van der Waals surface area (Å²) in [5.74, 6) is -0.159. The van der Waals surface area contributed by atoms with E-state index < -0.39 is 11.6 Å². The van der Waals surface area contributed by atoms with Crippen molar-refractivity contribution in [2.75, 3.05) is 13.7 Å². The third-order valence-corrected chi connectivity index (χ3v) is 4.43. The smallest absolute Gasteiger partial charge is 0.137 e. The van der Waals surface area contributed by atoms with Crippen LogP contribution in [0, 0.1) is 11.6 Å². The van der Waals surface area contributed by atoms with Crippen molar-refractivity contribution < 1.29 is 13.5 Å². The van der Waals surface area contributed by atoms with Gasteiger partial charge in [0.15, 0.2) is 0 Å². The molecular formula is C16H14BrF2NO. The van der Waals surface area contributed by atoms with Crippen LogP contribution in [-0.2, 0) is 0 Å². The van der Waals surface area contributed by atoms with Crippen molar-refractivity contribution in [1.29, 1.82) is 0 Å². The quantitative estimate of drug-likeness (QED) is 0.836. The predicted octanol–water partition coefficient (Wildman–Crippen LogP) is 4.16. The fourth-order valence-electron chi connectivity index (χ4n) is 2.81. The first kappa shape index (κ1) is 14.5. The number of halogens is 3. The van der Waals surface area contributed by atoms with Crippen LogP contribution in [0.3, 0.4) is 0 Å². The Morgan fingerprint density at radius 2 is 2.00 bits per heavy atom. The molecule has 5 heteroatoms. The molecule has 1 heterocycles. The lowest BCUT2D eigenvalue weighted by Gasteiger charge is -2.23. The van der Waals surface area contributed by atoms with Crippen LogP contribution in [0.5, 0.6) is 5.75 Å². The molecule has 3 rings (SSSR count). The second-order valence-electron chi connectivity index (χ2n) is 5.01. The number of rotatable bonds is 3. The van der Waals surface area contributed by atoms with Crippen LogP contribution >= 0.6 is 15.9 Å². The molecule has 0 aromatic heterocycles. The zero-order valence-electron chi connectivity index (χ0n) is 11.4. The molecule has 0 fully saturated rings. The summed E-state index contributed by atoms with van der Waals surface area (Å²) in [5, 5.41) is 3.09. The van der Waals surface area contributed by atoms with Crippen molar-refractivity contribution in [3.05, 3.63) is 63.6 Å². The Morgan fingerprint density at radius 3 is 2.76 bits per heavy atom. The molecule has 0 radical (unpaired) electrons. The van der Waals surface area contributed by atoms with E-state index in [-0.39, 0.29) is 16.4 Å². The maximum atomic E-state index is 14.2. The number of fused-ring (bicyclic) bond motifs is 1. The van der Waals surface area contributed by atoms with Gasteiger partial charge in [0.2, 0.25) is 0 Å². The minimum Gasteiger partial charge on any atom is -0.493 e. The second kappa shape index (κ2) is 5.73. The summed E-state index contributed by atoms with van der Waals surface area (Å²) in [6, 6.07) is 9.72. The van der Waals surface area contributed by atoms with Crippen LogP contribution in [0.4, 0.5) is 8.78 Å². The van der Waals surface area contributed by atoms with Gasteiger partial charge in [0.1, 0.15) is 17.4 Å². The van der Waals surface area contributed by atoms with Gasteiger partial charge in [0, 0.05) is 23.1 Å². The molecule has 1 aliphatic rings. The molecule has 1 aliphatic heterocycles.